The van der Waals surface area contributed by atoms with E-state index in [4.69, 9.17) is 0 Å². The summed E-state index contributed by atoms with van der Waals surface area (Å²) in [5, 5.41) is 2.96. The Kier molecular flexibility index (Phi) is 3.44. The van der Waals surface area contributed by atoms with E-state index in [1.54, 1.807) is 19.3 Å². The third kappa shape index (κ3) is 2.65. The molecule has 0 unspecified atom stereocenters. The van der Waals surface area contributed by atoms with Crippen molar-refractivity contribution in [2.24, 2.45) is 0 Å². The molecule has 0 bridgehead atoms. The molecule has 2 aromatic rings. The number of nitrogens with one attached hydrogen (secondary N) is 1. The van der Waals surface area contributed by atoms with Crippen LogP contribution in [0.5, 0.6) is 0 Å². The van der Waals surface area contributed by atoms with Gasteiger partial charge in [-0.15, -0.1) is 0 Å². The average molecular weight is 234 g/mol. The Balaban J connectivity index is 2.50. The lowest BCUT2D eigenvalue weighted by atomic mass is 10.0. The maximum atomic E-state index is 13.1. The Morgan fingerprint density at radius 3 is 2.65 bits per heavy atom. The second kappa shape index (κ2) is 5.01. The Morgan fingerprint density at radius 1 is 1.12 bits per heavy atom. The van der Waals surface area contributed by atoms with Crippen molar-refractivity contribution in [1.82, 2.24) is 10.3 Å². The van der Waals surface area contributed by atoms with Gasteiger partial charge in [-0.2, -0.15) is 0 Å². The van der Waals surface area contributed by atoms with Crippen LogP contribution in [0.25, 0.3) is 11.1 Å². The Morgan fingerprint density at radius 2 is 1.94 bits per heavy atom. The van der Waals surface area contributed by atoms with Crippen LogP contribution < -0.4 is 5.32 Å². The summed E-state index contributed by atoms with van der Waals surface area (Å²) in [6.45, 7) is 0.517. The van der Waals surface area contributed by atoms with Crippen LogP contribution in [0, 0.1) is 11.6 Å². The SMILES string of the molecule is CNCc1cc(F)ccc1-c1cncc(F)c1. The van der Waals surface area contributed by atoms with Gasteiger partial charge in [-0.1, -0.05) is 6.07 Å². The van der Waals surface area contributed by atoms with Gasteiger partial charge in [-0.3, -0.25) is 4.98 Å². The van der Waals surface area contributed by atoms with Crippen molar-refractivity contribution in [2.45, 2.75) is 6.54 Å². The van der Waals surface area contributed by atoms with E-state index in [1.807, 2.05) is 0 Å². The first-order valence-corrected chi connectivity index (χ1v) is 5.24. The van der Waals surface area contributed by atoms with Crippen molar-refractivity contribution < 1.29 is 8.78 Å². The van der Waals surface area contributed by atoms with Gasteiger partial charge >= 0.3 is 0 Å². The topological polar surface area (TPSA) is 24.9 Å². The molecule has 1 aromatic carbocycles. The van der Waals surface area contributed by atoms with Crippen LogP contribution in [-0.2, 0) is 6.54 Å². The Hall–Kier alpha value is -1.81. The van der Waals surface area contributed by atoms with Gasteiger partial charge in [0, 0.05) is 18.3 Å². The summed E-state index contributed by atoms with van der Waals surface area (Å²) in [5.41, 5.74) is 2.21. The second-order valence-electron chi connectivity index (χ2n) is 3.72. The van der Waals surface area contributed by atoms with E-state index in [9.17, 15) is 8.78 Å². The molecule has 4 heteroatoms. The molecule has 2 rings (SSSR count). The van der Waals surface area contributed by atoms with Gasteiger partial charge in [0.1, 0.15) is 11.6 Å². The molecule has 0 fully saturated rings. The molecule has 0 aliphatic carbocycles. The first kappa shape index (κ1) is 11.7. The second-order valence-corrected chi connectivity index (χ2v) is 3.72. The van der Waals surface area contributed by atoms with Crippen LogP contribution in [0.15, 0.2) is 36.7 Å². The highest BCUT2D eigenvalue weighted by atomic mass is 19.1. The third-order valence-corrected chi connectivity index (χ3v) is 2.45. The van der Waals surface area contributed by atoms with Crippen LogP contribution in [0.2, 0.25) is 0 Å². The summed E-state index contributed by atoms with van der Waals surface area (Å²) in [7, 11) is 1.78. The molecule has 0 aliphatic rings. The van der Waals surface area contributed by atoms with E-state index < -0.39 is 5.82 Å². The van der Waals surface area contributed by atoms with Crippen LogP contribution >= 0.6 is 0 Å². The van der Waals surface area contributed by atoms with Gasteiger partial charge in [-0.25, -0.2) is 8.78 Å². The van der Waals surface area contributed by atoms with Gasteiger partial charge in [0.15, 0.2) is 0 Å². The van der Waals surface area contributed by atoms with Gasteiger partial charge in [-0.05, 0) is 36.4 Å². The van der Waals surface area contributed by atoms with Gasteiger partial charge < -0.3 is 5.32 Å². The van der Waals surface area contributed by atoms with E-state index >= 15 is 0 Å². The largest absolute Gasteiger partial charge is 0.316 e. The molecule has 0 saturated heterocycles. The molecule has 0 aliphatic heterocycles. The lowest BCUT2D eigenvalue weighted by Crippen LogP contribution is -2.07. The van der Waals surface area contributed by atoms with Crippen LogP contribution in [0.4, 0.5) is 8.78 Å². The summed E-state index contributed by atoms with van der Waals surface area (Å²) >= 11 is 0. The minimum Gasteiger partial charge on any atom is -0.316 e. The molecular weight excluding hydrogens is 222 g/mol. The number of nitrogens with zero attached hydrogens (tertiary/aromatic N) is 1. The monoisotopic (exact) mass is 234 g/mol. The summed E-state index contributed by atoms with van der Waals surface area (Å²) < 4.78 is 26.2. The van der Waals surface area contributed by atoms with Crippen molar-refractivity contribution in [3.05, 3.63) is 53.9 Å². The van der Waals surface area contributed by atoms with E-state index in [0.717, 1.165) is 17.3 Å². The van der Waals surface area contributed by atoms with Crippen LogP contribution in [0.1, 0.15) is 5.56 Å². The third-order valence-electron chi connectivity index (χ3n) is 2.45. The normalized spacial score (nSPS) is 10.5. The molecule has 0 radical (unpaired) electrons. The Labute approximate surface area is 98.3 Å². The van der Waals surface area contributed by atoms with Gasteiger partial charge in [0.25, 0.3) is 0 Å². The summed E-state index contributed by atoms with van der Waals surface area (Å²) in [6, 6.07) is 5.83. The minimum atomic E-state index is -0.401. The first-order chi connectivity index (χ1) is 8.20. The lowest BCUT2D eigenvalue weighted by Gasteiger charge is -2.09. The Bertz CT molecular complexity index is 527. The van der Waals surface area contributed by atoms with Crippen molar-refractivity contribution in [1.29, 1.82) is 0 Å². The summed E-state index contributed by atoms with van der Waals surface area (Å²) in [5.74, 6) is -0.703. The number of benzene rings is 1. The van der Waals surface area contributed by atoms with Gasteiger partial charge in [0.2, 0.25) is 0 Å². The van der Waals surface area contributed by atoms with Crippen molar-refractivity contribution in [2.75, 3.05) is 7.05 Å². The fraction of sp³-hybridized carbons (Fsp3) is 0.154. The van der Waals surface area contributed by atoms with E-state index in [-0.39, 0.29) is 5.82 Å². The fourth-order valence-corrected chi connectivity index (χ4v) is 1.74. The standard InChI is InChI=1S/C13H12F2N2/c1-16-6-9-4-11(14)2-3-13(9)10-5-12(15)8-17-7-10/h2-5,7-8,16H,6H2,1H3. The molecule has 0 amide bonds. The highest BCUT2D eigenvalue weighted by Gasteiger charge is 2.07. The van der Waals surface area contributed by atoms with Crippen molar-refractivity contribution in [3.63, 3.8) is 0 Å². The van der Waals surface area contributed by atoms with E-state index in [1.165, 1.54) is 18.2 Å². The number of halogens is 2. The first-order valence-electron chi connectivity index (χ1n) is 5.24. The maximum absolute atomic E-state index is 13.1. The van der Waals surface area contributed by atoms with Gasteiger partial charge in [0.05, 0.1) is 6.20 Å². The number of pyridine rings is 1. The predicted octanol–water partition coefficient (Wildman–Crippen LogP) is 2.75. The van der Waals surface area contributed by atoms with Crippen LogP contribution in [0.3, 0.4) is 0 Å². The molecule has 0 spiro atoms. The highest BCUT2D eigenvalue weighted by molar-refractivity contribution is 5.66. The maximum Gasteiger partial charge on any atom is 0.142 e. The zero-order valence-corrected chi connectivity index (χ0v) is 9.37. The summed E-state index contributed by atoms with van der Waals surface area (Å²) in [6.07, 6.45) is 2.71. The molecule has 88 valence electrons. The molecular formula is C13H12F2N2. The number of aromatic nitrogens is 1. The predicted molar refractivity (Wildman–Crippen MR) is 62.4 cm³/mol. The molecule has 1 heterocycles. The molecule has 17 heavy (non-hydrogen) atoms. The molecule has 0 saturated carbocycles. The average Bonchev–Trinajstić information content (AvgIpc) is 2.29. The quantitative estimate of drug-likeness (QED) is 0.883. The summed E-state index contributed by atoms with van der Waals surface area (Å²) in [4.78, 5) is 3.80. The van der Waals surface area contributed by atoms with Crippen molar-refractivity contribution in [3.8, 4) is 11.1 Å². The number of hydrogen-bond donors (Lipinski definition) is 1. The zero-order valence-electron chi connectivity index (χ0n) is 9.37. The molecule has 1 N–H and O–H groups in total. The molecule has 1 aromatic heterocycles. The smallest absolute Gasteiger partial charge is 0.142 e. The number of hydrogen-bond acceptors (Lipinski definition) is 2. The minimum absolute atomic E-state index is 0.302. The molecule has 0 atom stereocenters. The number of rotatable bonds is 3. The zero-order chi connectivity index (χ0) is 12.3. The van der Waals surface area contributed by atoms with E-state index in [0.29, 0.717) is 12.1 Å². The fourth-order valence-electron chi connectivity index (χ4n) is 1.74. The van der Waals surface area contributed by atoms with Crippen molar-refractivity contribution >= 4 is 0 Å². The van der Waals surface area contributed by atoms with Crippen LogP contribution in [-0.4, -0.2) is 12.0 Å². The van der Waals surface area contributed by atoms with E-state index in [2.05, 4.69) is 10.3 Å². The lowest BCUT2D eigenvalue weighted by molar-refractivity contribution is 0.621. The highest BCUT2D eigenvalue weighted by Crippen LogP contribution is 2.24. The molecule has 2 nitrogen and oxygen atoms in total.